The third kappa shape index (κ3) is 5.10. The summed E-state index contributed by atoms with van der Waals surface area (Å²) in [6.07, 6.45) is 0.733. The topological polar surface area (TPSA) is 57.7 Å². The van der Waals surface area contributed by atoms with Crippen LogP contribution in [0.5, 0.6) is 0 Å². The van der Waals surface area contributed by atoms with E-state index in [1.807, 2.05) is 42.5 Å². The summed E-state index contributed by atoms with van der Waals surface area (Å²) in [4.78, 5) is 15.0. The number of fused-ring (bicyclic) bond motifs is 1. The molecule has 0 bridgehead atoms. The minimum Gasteiger partial charge on any atom is -0.311 e. The lowest BCUT2D eigenvalue weighted by atomic mass is 10.2. The Morgan fingerprint density at radius 3 is 2.31 bits per heavy atom. The fourth-order valence-corrected chi connectivity index (χ4v) is 5.82. The van der Waals surface area contributed by atoms with Crippen molar-refractivity contribution in [3.05, 3.63) is 91.8 Å². The van der Waals surface area contributed by atoms with Crippen LogP contribution in [-0.4, -0.2) is 31.7 Å². The van der Waals surface area contributed by atoms with Crippen molar-refractivity contribution >= 4 is 65.1 Å². The molecule has 0 N–H and O–H groups in total. The van der Waals surface area contributed by atoms with Gasteiger partial charge in [-0.2, -0.15) is 4.31 Å². The number of rotatable bonds is 6. The highest BCUT2D eigenvalue weighted by atomic mass is 79.9. The molecule has 1 heterocycles. The Morgan fingerprint density at radius 2 is 1.62 bits per heavy atom. The molecule has 0 radical (unpaired) electrons. The van der Waals surface area contributed by atoms with Crippen LogP contribution in [0.2, 0.25) is 5.02 Å². The van der Waals surface area contributed by atoms with Gasteiger partial charge in [0.25, 0.3) is 0 Å². The maximum atomic E-state index is 13.5. The van der Waals surface area contributed by atoms with Crippen LogP contribution in [0.1, 0.15) is 11.1 Å². The maximum absolute atomic E-state index is 13.5. The van der Waals surface area contributed by atoms with E-state index in [-0.39, 0.29) is 23.9 Å². The summed E-state index contributed by atoms with van der Waals surface area (Å²) >= 11 is 12.8. The number of nitrogens with zero attached hydrogens (tertiary/aromatic N) is 2. The van der Waals surface area contributed by atoms with Crippen molar-refractivity contribution in [3.63, 3.8) is 0 Å². The molecular formula is C23H19Br2ClN2O3S. The highest BCUT2D eigenvalue weighted by Crippen LogP contribution is 2.31. The molecule has 3 aromatic carbocycles. The molecule has 5 nitrogen and oxygen atoms in total. The Kier molecular flexibility index (Phi) is 7.07. The Morgan fingerprint density at radius 1 is 0.969 bits per heavy atom. The maximum Gasteiger partial charge on any atom is 0.243 e. The fourth-order valence-electron chi connectivity index (χ4n) is 3.64. The molecular weight excluding hydrogens is 580 g/mol. The van der Waals surface area contributed by atoms with Crippen molar-refractivity contribution in [1.82, 2.24) is 4.31 Å². The molecule has 32 heavy (non-hydrogen) atoms. The van der Waals surface area contributed by atoms with Gasteiger partial charge in [-0.25, -0.2) is 8.42 Å². The van der Waals surface area contributed by atoms with Gasteiger partial charge in [-0.05, 0) is 72.1 Å². The second-order valence-electron chi connectivity index (χ2n) is 7.42. The second kappa shape index (κ2) is 9.65. The molecule has 0 saturated heterocycles. The van der Waals surface area contributed by atoms with Crippen LogP contribution in [0.25, 0.3) is 0 Å². The zero-order valence-corrected chi connectivity index (χ0v) is 21.6. The first-order valence-electron chi connectivity index (χ1n) is 9.83. The second-order valence-corrected chi connectivity index (χ2v) is 11.6. The van der Waals surface area contributed by atoms with Gasteiger partial charge in [-0.3, -0.25) is 4.79 Å². The lowest BCUT2D eigenvalue weighted by molar-refractivity contribution is -0.118. The predicted molar refractivity (Wildman–Crippen MR) is 133 cm³/mol. The van der Waals surface area contributed by atoms with Crippen LogP contribution in [0.15, 0.2) is 80.6 Å². The summed E-state index contributed by atoms with van der Waals surface area (Å²) in [5.41, 5.74) is 2.67. The van der Waals surface area contributed by atoms with E-state index in [1.54, 1.807) is 4.90 Å². The van der Waals surface area contributed by atoms with Gasteiger partial charge in [0, 0.05) is 32.7 Å². The third-order valence-corrected chi connectivity index (χ3v) is 8.35. The van der Waals surface area contributed by atoms with Gasteiger partial charge in [0.1, 0.15) is 0 Å². The fraction of sp³-hybridized carbons (Fsp3) is 0.174. The molecule has 3 aromatic rings. The highest BCUT2D eigenvalue weighted by molar-refractivity contribution is 9.10. The van der Waals surface area contributed by atoms with Crippen molar-refractivity contribution in [2.24, 2.45) is 0 Å². The van der Waals surface area contributed by atoms with Crippen molar-refractivity contribution in [2.45, 2.75) is 17.9 Å². The summed E-state index contributed by atoms with van der Waals surface area (Å²) in [7, 11) is -3.93. The summed E-state index contributed by atoms with van der Waals surface area (Å²) in [6.45, 7) is 0.333. The molecule has 0 unspecified atom stereocenters. The van der Waals surface area contributed by atoms with E-state index in [2.05, 4.69) is 31.9 Å². The van der Waals surface area contributed by atoms with E-state index in [9.17, 15) is 13.2 Å². The zero-order valence-electron chi connectivity index (χ0n) is 16.8. The molecule has 0 atom stereocenters. The molecule has 4 rings (SSSR count). The quantitative estimate of drug-likeness (QED) is 0.369. The third-order valence-electron chi connectivity index (χ3n) is 5.27. The minimum absolute atomic E-state index is 0.0744. The largest absolute Gasteiger partial charge is 0.311 e. The zero-order chi connectivity index (χ0) is 22.9. The molecule has 1 aliphatic heterocycles. The van der Waals surface area contributed by atoms with E-state index in [4.69, 9.17) is 11.6 Å². The first-order valence-corrected chi connectivity index (χ1v) is 13.2. The minimum atomic E-state index is -3.93. The van der Waals surface area contributed by atoms with Crippen molar-refractivity contribution < 1.29 is 13.2 Å². The lowest BCUT2D eigenvalue weighted by Gasteiger charge is -2.25. The van der Waals surface area contributed by atoms with E-state index in [0.717, 1.165) is 32.2 Å². The number of carbonyl (C=O) groups excluding carboxylic acids is 1. The number of carbonyl (C=O) groups is 1. The smallest absolute Gasteiger partial charge is 0.243 e. The van der Waals surface area contributed by atoms with Crippen molar-refractivity contribution in [2.75, 3.05) is 18.0 Å². The van der Waals surface area contributed by atoms with Gasteiger partial charge < -0.3 is 4.90 Å². The summed E-state index contributed by atoms with van der Waals surface area (Å²) in [5.74, 6) is -0.263. The summed E-state index contributed by atoms with van der Waals surface area (Å²) < 4.78 is 30.0. The Hall–Kier alpha value is -1.71. The number of hydrogen-bond donors (Lipinski definition) is 0. The van der Waals surface area contributed by atoms with E-state index < -0.39 is 10.0 Å². The average molecular weight is 599 g/mol. The van der Waals surface area contributed by atoms with Crippen LogP contribution in [-0.2, 0) is 27.8 Å². The van der Waals surface area contributed by atoms with Gasteiger partial charge in [0.15, 0.2) is 0 Å². The van der Waals surface area contributed by atoms with Crippen LogP contribution in [0, 0.1) is 0 Å². The van der Waals surface area contributed by atoms with Crippen LogP contribution >= 0.6 is 43.5 Å². The van der Waals surface area contributed by atoms with Crippen LogP contribution < -0.4 is 4.90 Å². The van der Waals surface area contributed by atoms with Crippen molar-refractivity contribution in [3.8, 4) is 0 Å². The first kappa shape index (κ1) is 23.4. The number of benzene rings is 3. The molecule has 0 aromatic heterocycles. The van der Waals surface area contributed by atoms with E-state index in [0.29, 0.717) is 11.6 Å². The molecule has 0 spiro atoms. The van der Waals surface area contributed by atoms with Gasteiger partial charge in [0.05, 0.1) is 11.4 Å². The molecule has 0 saturated carbocycles. The van der Waals surface area contributed by atoms with Crippen LogP contribution in [0.3, 0.4) is 0 Å². The molecule has 9 heteroatoms. The number of anilines is 1. The van der Waals surface area contributed by atoms with Gasteiger partial charge in [-0.1, -0.05) is 55.6 Å². The number of amides is 1. The number of halogens is 3. The molecule has 0 aliphatic carbocycles. The molecule has 1 aliphatic rings. The highest BCUT2D eigenvalue weighted by Gasteiger charge is 2.31. The summed E-state index contributed by atoms with van der Waals surface area (Å²) in [5, 5.41) is 0.444. The van der Waals surface area contributed by atoms with Gasteiger partial charge in [0.2, 0.25) is 15.9 Å². The first-order chi connectivity index (χ1) is 15.2. The van der Waals surface area contributed by atoms with Gasteiger partial charge in [-0.15, -0.1) is 0 Å². The lowest BCUT2D eigenvalue weighted by Crippen LogP contribution is -2.42. The molecule has 1 amide bonds. The Bertz CT molecular complexity index is 1250. The van der Waals surface area contributed by atoms with Crippen molar-refractivity contribution in [1.29, 1.82) is 0 Å². The normalized spacial score (nSPS) is 13.4. The monoisotopic (exact) mass is 596 g/mol. The van der Waals surface area contributed by atoms with E-state index in [1.165, 1.54) is 28.6 Å². The summed E-state index contributed by atoms with van der Waals surface area (Å²) in [6, 6.07) is 19.1. The molecule has 166 valence electrons. The predicted octanol–water partition coefficient (Wildman–Crippen LogP) is 5.65. The van der Waals surface area contributed by atoms with Crippen LogP contribution in [0.4, 0.5) is 5.69 Å². The molecule has 0 fully saturated rings. The van der Waals surface area contributed by atoms with Gasteiger partial charge >= 0.3 is 0 Å². The number of sulfonamides is 1. The average Bonchev–Trinajstić information content (AvgIpc) is 3.18. The van der Waals surface area contributed by atoms with E-state index >= 15 is 0 Å². The SMILES string of the molecule is O=C(CN(Cc1ccc(Br)cc1)S(=O)(=O)c1ccc(Cl)cc1)N1CCc2cc(Br)ccc21. The Balaban J connectivity index is 1.64. The Labute approximate surface area is 209 Å². The number of hydrogen-bond acceptors (Lipinski definition) is 3. The standard InChI is InChI=1S/C23H19Br2ClN2O3S/c24-18-3-1-16(2-4-18)14-27(32(30,31)21-8-6-20(26)7-9-21)15-23(29)28-12-11-17-13-19(25)5-10-22(17)28/h1-10,13H,11-12,14-15H2.